The average molecular weight is 249 g/mol. The van der Waals surface area contributed by atoms with Gasteiger partial charge in [0.1, 0.15) is 0 Å². The summed E-state index contributed by atoms with van der Waals surface area (Å²) in [5.74, 6) is 0.173. The van der Waals surface area contributed by atoms with Crippen molar-refractivity contribution in [2.45, 2.75) is 6.04 Å². The normalized spacial score (nSPS) is 22.2. The molecule has 0 saturated heterocycles. The van der Waals surface area contributed by atoms with Crippen LogP contribution < -0.4 is 5.32 Å². The van der Waals surface area contributed by atoms with E-state index >= 15 is 0 Å². The maximum Gasteiger partial charge on any atom is 0.173 e. The van der Waals surface area contributed by atoms with Crippen LogP contribution in [-0.4, -0.2) is 26.8 Å². The molecule has 1 unspecified atom stereocenters. The lowest BCUT2D eigenvalue weighted by Gasteiger charge is -2.06. The van der Waals surface area contributed by atoms with Gasteiger partial charge in [0.15, 0.2) is 9.84 Å². The van der Waals surface area contributed by atoms with E-state index in [1.54, 1.807) is 6.08 Å². The second kappa shape index (κ2) is 5.29. The van der Waals surface area contributed by atoms with Gasteiger partial charge in [0, 0.05) is 18.0 Å². The van der Waals surface area contributed by atoms with Gasteiger partial charge in [-0.15, -0.1) is 0 Å². The van der Waals surface area contributed by atoms with Crippen molar-refractivity contribution in [3.8, 4) is 0 Å². The Balaban J connectivity index is 1.78. The van der Waals surface area contributed by atoms with Crippen molar-refractivity contribution in [1.82, 2.24) is 5.32 Å². The summed E-state index contributed by atoms with van der Waals surface area (Å²) >= 11 is 0. The van der Waals surface area contributed by atoms with E-state index in [1.165, 1.54) is 5.41 Å². The molecule has 0 spiro atoms. The molecule has 1 aliphatic rings. The molecule has 1 aromatic carbocycles. The van der Waals surface area contributed by atoms with Crippen LogP contribution in [0.2, 0.25) is 0 Å². The van der Waals surface area contributed by atoms with Gasteiger partial charge in [-0.05, 0) is 5.56 Å². The minimum Gasteiger partial charge on any atom is -0.306 e. The van der Waals surface area contributed by atoms with Gasteiger partial charge in [0.2, 0.25) is 0 Å². The fourth-order valence-electron chi connectivity index (χ4n) is 1.68. The summed E-state index contributed by atoms with van der Waals surface area (Å²) < 4.78 is 22.3. The Hall–Kier alpha value is -1.39. The van der Waals surface area contributed by atoms with Gasteiger partial charge in [0.25, 0.3) is 0 Å². The molecule has 0 saturated carbocycles. The van der Waals surface area contributed by atoms with Crippen molar-refractivity contribution in [2.24, 2.45) is 0 Å². The van der Waals surface area contributed by atoms with Crippen LogP contribution in [0.1, 0.15) is 5.56 Å². The molecule has 1 aromatic rings. The second-order valence-electron chi connectivity index (χ2n) is 3.99. The number of nitrogens with one attached hydrogen (secondary N) is 1. The average Bonchev–Trinajstić information content (AvgIpc) is 2.66. The highest BCUT2D eigenvalue weighted by Gasteiger charge is 2.20. The van der Waals surface area contributed by atoms with Crippen LogP contribution in [0.25, 0.3) is 6.08 Å². The van der Waals surface area contributed by atoms with Gasteiger partial charge < -0.3 is 5.32 Å². The highest BCUT2D eigenvalue weighted by Crippen LogP contribution is 2.07. The van der Waals surface area contributed by atoms with E-state index in [0.29, 0.717) is 6.54 Å². The second-order valence-corrected chi connectivity index (χ2v) is 5.92. The van der Waals surface area contributed by atoms with Gasteiger partial charge in [-0.1, -0.05) is 48.6 Å². The zero-order valence-electron chi connectivity index (χ0n) is 9.41. The lowest BCUT2D eigenvalue weighted by molar-refractivity contribution is 0.597. The summed E-state index contributed by atoms with van der Waals surface area (Å²) in [5.41, 5.74) is 1.14. The predicted molar refractivity (Wildman–Crippen MR) is 70.2 cm³/mol. The van der Waals surface area contributed by atoms with Crippen molar-refractivity contribution in [1.29, 1.82) is 0 Å². The van der Waals surface area contributed by atoms with Crippen LogP contribution in [-0.2, 0) is 9.84 Å². The van der Waals surface area contributed by atoms with Crippen LogP contribution in [0.15, 0.2) is 47.9 Å². The molecular formula is C13H15NO2S. The fourth-order valence-corrected chi connectivity index (χ4v) is 2.95. The standard InChI is InChI=1S/C13H15NO2S/c15-17(16)10-8-13(11-17)14-9-4-7-12-5-2-1-3-6-12/h1-8,10,13-14H,9,11H2/b7-4+. The lowest BCUT2D eigenvalue weighted by atomic mass is 10.2. The number of rotatable bonds is 4. The summed E-state index contributed by atoms with van der Waals surface area (Å²) in [4.78, 5) is 0. The van der Waals surface area contributed by atoms with Gasteiger partial charge in [-0.25, -0.2) is 8.42 Å². The number of benzene rings is 1. The largest absolute Gasteiger partial charge is 0.306 e. The van der Waals surface area contributed by atoms with E-state index in [-0.39, 0.29) is 11.8 Å². The fraction of sp³-hybridized carbons (Fsp3) is 0.231. The van der Waals surface area contributed by atoms with Gasteiger partial charge >= 0.3 is 0 Å². The molecule has 0 fully saturated rings. The highest BCUT2D eigenvalue weighted by atomic mass is 32.2. The molecule has 0 bridgehead atoms. The highest BCUT2D eigenvalue weighted by molar-refractivity contribution is 7.94. The summed E-state index contributed by atoms with van der Waals surface area (Å²) in [6.45, 7) is 0.666. The van der Waals surface area contributed by atoms with Crippen molar-refractivity contribution in [2.75, 3.05) is 12.3 Å². The van der Waals surface area contributed by atoms with Crippen LogP contribution in [0, 0.1) is 0 Å². The first kappa shape index (κ1) is 12.1. The molecule has 0 radical (unpaired) electrons. The monoisotopic (exact) mass is 249 g/mol. The minimum absolute atomic E-state index is 0.0552. The number of hydrogen-bond donors (Lipinski definition) is 1. The predicted octanol–water partition coefficient (Wildman–Crippen LogP) is 1.60. The Labute approximate surface area is 102 Å². The zero-order valence-corrected chi connectivity index (χ0v) is 10.2. The van der Waals surface area contributed by atoms with E-state index in [2.05, 4.69) is 5.32 Å². The summed E-state index contributed by atoms with van der Waals surface area (Å²) in [6, 6.07) is 9.94. The Morgan fingerprint density at radius 3 is 2.71 bits per heavy atom. The topological polar surface area (TPSA) is 46.2 Å². The minimum atomic E-state index is -2.95. The molecule has 0 aliphatic carbocycles. The van der Waals surface area contributed by atoms with E-state index in [1.807, 2.05) is 42.5 Å². The molecule has 0 amide bonds. The molecule has 4 heteroatoms. The van der Waals surface area contributed by atoms with E-state index in [0.717, 1.165) is 5.56 Å². The first-order valence-electron chi connectivity index (χ1n) is 5.52. The molecule has 2 rings (SSSR count). The third kappa shape index (κ3) is 3.84. The zero-order chi connectivity index (χ0) is 12.1. The summed E-state index contributed by atoms with van der Waals surface area (Å²) in [6.07, 6.45) is 5.71. The molecule has 1 aliphatic heterocycles. The van der Waals surface area contributed by atoms with Gasteiger partial charge in [-0.2, -0.15) is 0 Å². The third-order valence-electron chi connectivity index (χ3n) is 2.54. The van der Waals surface area contributed by atoms with Crippen molar-refractivity contribution >= 4 is 15.9 Å². The van der Waals surface area contributed by atoms with E-state index in [9.17, 15) is 8.42 Å². The molecule has 17 heavy (non-hydrogen) atoms. The molecule has 1 N–H and O–H groups in total. The van der Waals surface area contributed by atoms with E-state index < -0.39 is 9.84 Å². The Bertz CT molecular complexity index is 518. The first-order valence-corrected chi connectivity index (χ1v) is 7.23. The SMILES string of the molecule is O=S1(=O)C=CC(NC/C=C/c2ccccc2)C1. The number of hydrogen-bond acceptors (Lipinski definition) is 3. The van der Waals surface area contributed by atoms with Gasteiger partial charge in [0.05, 0.1) is 5.75 Å². The lowest BCUT2D eigenvalue weighted by Crippen LogP contribution is -2.29. The Kier molecular flexibility index (Phi) is 3.76. The van der Waals surface area contributed by atoms with Crippen LogP contribution >= 0.6 is 0 Å². The van der Waals surface area contributed by atoms with Crippen LogP contribution in [0.4, 0.5) is 0 Å². The number of sulfone groups is 1. The smallest absolute Gasteiger partial charge is 0.173 e. The first-order chi connectivity index (χ1) is 8.16. The van der Waals surface area contributed by atoms with Gasteiger partial charge in [-0.3, -0.25) is 0 Å². The maximum absolute atomic E-state index is 11.2. The molecule has 1 heterocycles. The van der Waals surface area contributed by atoms with E-state index in [4.69, 9.17) is 0 Å². The Morgan fingerprint density at radius 1 is 1.29 bits per heavy atom. The van der Waals surface area contributed by atoms with Crippen molar-refractivity contribution in [3.05, 3.63) is 53.5 Å². The molecule has 0 aromatic heterocycles. The van der Waals surface area contributed by atoms with Crippen molar-refractivity contribution in [3.63, 3.8) is 0 Å². The molecule has 90 valence electrons. The summed E-state index contributed by atoms with van der Waals surface area (Å²) in [5, 5.41) is 4.44. The quantitative estimate of drug-likeness (QED) is 0.881. The maximum atomic E-state index is 11.2. The Morgan fingerprint density at radius 2 is 2.06 bits per heavy atom. The van der Waals surface area contributed by atoms with Crippen LogP contribution in [0.5, 0.6) is 0 Å². The van der Waals surface area contributed by atoms with Crippen molar-refractivity contribution < 1.29 is 8.42 Å². The molecular weight excluding hydrogens is 234 g/mol. The summed E-state index contributed by atoms with van der Waals surface area (Å²) in [7, 11) is -2.95. The third-order valence-corrected chi connectivity index (χ3v) is 3.93. The van der Waals surface area contributed by atoms with Crippen LogP contribution in [0.3, 0.4) is 0 Å². The molecule has 1 atom stereocenters. The molecule has 3 nitrogen and oxygen atoms in total.